The molecule has 17 heavy (non-hydrogen) atoms. The van der Waals surface area contributed by atoms with Gasteiger partial charge in [-0.25, -0.2) is 0 Å². The Kier molecular flexibility index (Phi) is 5.55. The van der Waals surface area contributed by atoms with Gasteiger partial charge in [-0.05, 0) is 37.1 Å². The number of nitrogens with two attached hydrogens (primary N) is 1. The fourth-order valence-electron chi connectivity index (χ4n) is 1.47. The molecule has 6 heteroatoms. The van der Waals surface area contributed by atoms with Crippen LogP contribution in [0.5, 0.6) is 0 Å². The predicted octanol–water partition coefficient (Wildman–Crippen LogP) is 2.18. The van der Waals surface area contributed by atoms with E-state index in [1.807, 2.05) is 0 Å². The molecule has 4 nitrogen and oxygen atoms in total. The lowest BCUT2D eigenvalue weighted by atomic mass is 10.1. The van der Waals surface area contributed by atoms with Crippen LogP contribution in [0.1, 0.15) is 12.0 Å². The molecule has 0 amide bonds. The Morgan fingerprint density at radius 1 is 1.41 bits per heavy atom. The Labute approximate surface area is 110 Å². The lowest BCUT2D eigenvalue weighted by Crippen LogP contribution is -2.23. The summed E-state index contributed by atoms with van der Waals surface area (Å²) < 4.78 is 0. The Balaban J connectivity index is 2.44. The molecule has 0 saturated heterocycles. The first kappa shape index (κ1) is 14.1. The molecule has 0 spiro atoms. The SMILES string of the molecule is Nc1cc(Cl)cc(Cl)c1CCCNCC(=O)O. The summed E-state index contributed by atoms with van der Waals surface area (Å²) >= 11 is 11.8. The molecule has 0 radical (unpaired) electrons. The van der Waals surface area contributed by atoms with Gasteiger partial charge in [-0.1, -0.05) is 23.2 Å². The second-order valence-electron chi connectivity index (χ2n) is 3.63. The molecule has 0 heterocycles. The van der Waals surface area contributed by atoms with E-state index in [4.69, 9.17) is 34.0 Å². The number of benzene rings is 1. The highest BCUT2D eigenvalue weighted by Gasteiger charge is 2.06. The molecular weight excluding hydrogens is 263 g/mol. The van der Waals surface area contributed by atoms with Crippen LogP contribution in [0.15, 0.2) is 12.1 Å². The highest BCUT2D eigenvalue weighted by Crippen LogP contribution is 2.27. The first-order valence-electron chi connectivity index (χ1n) is 5.16. The first-order valence-corrected chi connectivity index (χ1v) is 5.92. The maximum atomic E-state index is 10.3. The van der Waals surface area contributed by atoms with Crippen molar-refractivity contribution in [2.75, 3.05) is 18.8 Å². The molecule has 0 saturated carbocycles. The Bertz CT molecular complexity index is 387. The number of aliphatic carboxylic acids is 1. The minimum Gasteiger partial charge on any atom is -0.480 e. The van der Waals surface area contributed by atoms with E-state index in [9.17, 15) is 4.79 Å². The Morgan fingerprint density at radius 3 is 2.71 bits per heavy atom. The number of hydrogen-bond donors (Lipinski definition) is 3. The van der Waals surface area contributed by atoms with Crippen LogP contribution in [-0.2, 0) is 11.2 Å². The number of hydrogen-bond acceptors (Lipinski definition) is 3. The molecule has 0 aliphatic carbocycles. The second-order valence-corrected chi connectivity index (χ2v) is 4.47. The minimum atomic E-state index is -0.867. The molecule has 0 aliphatic heterocycles. The van der Waals surface area contributed by atoms with Crippen molar-refractivity contribution in [3.63, 3.8) is 0 Å². The van der Waals surface area contributed by atoms with Crippen molar-refractivity contribution in [3.8, 4) is 0 Å². The average Bonchev–Trinajstić information content (AvgIpc) is 2.20. The largest absolute Gasteiger partial charge is 0.480 e. The van der Waals surface area contributed by atoms with Gasteiger partial charge in [0.05, 0.1) is 6.54 Å². The Hall–Kier alpha value is -0.970. The molecule has 0 unspecified atom stereocenters. The summed E-state index contributed by atoms with van der Waals surface area (Å²) in [5, 5.41) is 12.3. The number of carbonyl (C=O) groups is 1. The van der Waals surface area contributed by atoms with E-state index in [1.165, 1.54) is 0 Å². The number of carboxylic acids is 1. The maximum absolute atomic E-state index is 10.3. The van der Waals surface area contributed by atoms with Crippen LogP contribution >= 0.6 is 23.2 Å². The molecule has 0 aromatic heterocycles. The number of halogens is 2. The third-order valence-corrected chi connectivity index (χ3v) is 2.81. The van der Waals surface area contributed by atoms with Gasteiger partial charge in [0.1, 0.15) is 0 Å². The third-order valence-electron chi connectivity index (χ3n) is 2.25. The second kappa shape index (κ2) is 6.69. The number of carboxylic acid groups (broad SMARTS) is 1. The summed E-state index contributed by atoms with van der Waals surface area (Å²) in [5.41, 5.74) is 7.23. The van der Waals surface area contributed by atoms with Crippen LogP contribution in [0.3, 0.4) is 0 Å². The van der Waals surface area contributed by atoms with Gasteiger partial charge in [0.2, 0.25) is 0 Å². The van der Waals surface area contributed by atoms with Crippen molar-refractivity contribution in [1.82, 2.24) is 5.32 Å². The summed E-state index contributed by atoms with van der Waals surface area (Å²) in [7, 11) is 0. The Morgan fingerprint density at radius 2 is 2.12 bits per heavy atom. The van der Waals surface area contributed by atoms with E-state index in [0.29, 0.717) is 28.7 Å². The zero-order valence-corrected chi connectivity index (χ0v) is 10.7. The number of rotatable bonds is 6. The molecule has 4 N–H and O–H groups in total. The lowest BCUT2D eigenvalue weighted by Gasteiger charge is -2.09. The molecule has 1 aromatic carbocycles. The van der Waals surface area contributed by atoms with Crippen LogP contribution in [-0.4, -0.2) is 24.2 Å². The summed E-state index contributed by atoms with van der Waals surface area (Å²) in [4.78, 5) is 10.3. The zero-order valence-electron chi connectivity index (χ0n) is 9.17. The number of nitrogen functional groups attached to an aromatic ring is 1. The van der Waals surface area contributed by atoms with Crippen molar-refractivity contribution in [3.05, 3.63) is 27.7 Å². The number of nitrogens with one attached hydrogen (secondary N) is 1. The smallest absolute Gasteiger partial charge is 0.317 e. The van der Waals surface area contributed by atoms with Crippen LogP contribution in [0.25, 0.3) is 0 Å². The van der Waals surface area contributed by atoms with Crippen LogP contribution in [0.4, 0.5) is 5.69 Å². The highest BCUT2D eigenvalue weighted by atomic mass is 35.5. The fraction of sp³-hybridized carbons (Fsp3) is 0.364. The van der Waals surface area contributed by atoms with Gasteiger partial charge in [0.25, 0.3) is 0 Å². The van der Waals surface area contributed by atoms with Crippen molar-refractivity contribution in [2.45, 2.75) is 12.8 Å². The maximum Gasteiger partial charge on any atom is 0.317 e. The van der Waals surface area contributed by atoms with Crippen molar-refractivity contribution in [2.24, 2.45) is 0 Å². The van der Waals surface area contributed by atoms with E-state index < -0.39 is 5.97 Å². The zero-order chi connectivity index (χ0) is 12.8. The lowest BCUT2D eigenvalue weighted by molar-refractivity contribution is -0.135. The van der Waals surface area contributed by atoms with E-state index in [1.54, 1.807) is 12.1 Å². The van der Waals surface area contributed by atoms with Gasteiger partial charge < -0.3 is 16.2 Å². The van der Waals surface area contributed by atoms with E-state index >= 15 is 0 Å². The quantitative estimate of drug-likeness (QED) is 0.550. The highest BCUT2D eigenvalue weighted by molar-refractivity contribution is 6.35. The van der Waals surface area contributed by atoms with Gasteiger partial charge in [-0.3, -0.25) is 4.79 Å². The molecule has 1 rings (SSSR count). The molecule has 0 fully saturated rings. The van der Waals surface area contributed by atoms with Crippen LogP contribution < -0.4 is 11.1 Å². The van der Waals surface area contributed by atoms with Crippen molar-refractivity contribution < 1.29 is 9.90 Å². The standard InChI is InChI=1S/C11H14Cl2N2O2/c12-7-4-9(13)8(10(14)5-7)2-1-3-15-6-11(16)17/h4-5,15H,1-3,6,14H2,(H,16,17). The third kappa shape index (κ3) is 4.81. The normalized spacial score (nSPS) is 10.5. The fourth-order valence-corrected chi connectivity index (χ4v) is 2.08. The summed E-state index contributed by atoms with van der Waals surface area (Å²) in [5.74, 6) is -0.867. The van der Waals surface area contributed by atoms with E-state index in [-0.39, 0.29) is 6.54 Å². The molecular formula is C11H14Cl2N2O2. The molecule has 94 valence electrons. The minimum absolute atomic E-state index is 0.0379. The first-order chi connectivity index (χ1) is 8.00. The molecule has 1 aromatic rings. The summed E-state index contributed by atoms with van der Waals surface area (Å²) in [6.07, 6.45) is 1.45. The van der Waals surface area contributed by atoms with E-state index in [2.05, 4.69) is 5.32 Å². The van der Waals surface area contributed by atoms with Gasteiger partial charge >= 0.3 is 5.97 Å². The molecule has 0 bridgehead atoms. The average molecular weight is 277 g/mol. The summed E-state index contributed by atoms with van der Waals surface area (Å²) in [6, 6.07) is 3.31. The summed E-state index contributed by atoms with van der Waals surface area (Å²) in [6.45, 7) is 0.564. The predicted molar refractivity (Wildman–Crippen MR) is 69.7 cm³/mol. The van der Waals surface area contributed by atoms with Crippen LogP contribution in [0.2, 0.25) is 10.0 Å². The topological polar surface area (TPSA) is 75.3 Å². The van der Waals surface area contributed by atoms with Gasteiger partial charge in [0.15, 0.2) is 0 Å². The number of anilines is 1. The molecule has 0 aliphatic rings. The monoisotopic (exact) mass is 276 g/mol. The van der Waals surface area contributed by atoms with Crippen molar-refractivity contribution in [1.29, 1.82) is 0 Å². The van der Waals surface area contributed by atoms with Gasteiger partial charge in [-0.2, -0.15) is 0 Å². The van der Waals surface area contributed by atoms with E-state index in [0.717, 1.165) is 12.0 Å². The van der Waals surface area contributed by atoms with Crippen LogP contribution in [0, 0.1) is 0 Å². The van der Waals surface area contributed by atoms with Crippen molar-refractivity contribution >= 4 is 34.9 Å². The molecule has 0 atom stereocenters. The van der Waals surface area contributed by atoms with Gasteiger partial charge in [-0.15, -0.1) is 0 Å². The van der Waals surface area contributed by atoms with Gasteiger partial charge in [0, 0.05) is 15.7 Å².